The third kappa shape index (κ3) is 3.32. The van der Waals surface area contributed by atoms with E-state index in [4.69, 9.17) is 11.6 Å². The predicted octanol–water partition coefficient (Wildman–Crippen LogP) is 3.89. The van der Waals surface area contributed by atoms with Crippen LogP contribution < -0.4 is 5.32 Å². The van der Waals surface area contributed by atoms with Gasteiger partial charge in [-0.3, -0.25) is 10.1 Å². The minimum absolute atomic E-state index is 0.273. The lowest BCUT2D eigenvalue weighted by Gasteiger charge is -2.03. The summed E-state index contributed by atoms with van der Waals surface area (Å²) in [6.07, 6.45) is 1.83. The highest BCUT2D eigenvalue weighted by molar-refractivity contribution is 7.15. The highest BCUT2D eigenvalue weighted by atomic mass is 35.5. The van der Waals surface area contributed by atoms with Crippen LogP contribution in [-0.4, -0.2) is 25.9 Å². The Hall–Kier alpha value is -2.25. The maximum atomic E-state index is 12.6. The molecule has 0 spiro atoms. The Morgan fingerprint density at radius 3 is 2.75 bits per heavy atom. The lowest BCUT2D eigenvalue weighted by Crippen LogP contribution is -2.13. The van der Waals surface area contributed by atoms with Gasteiger partial charge in [-0.15, -0.1) is 10.2 Å². The molecule has 0 atom stereocenters. The highest BCUT2D eigenvalue weighted by Gasteiger charge is 2.22. The number of benzene rings is 1. The third-order valence-corrected chi connectivity index (χ3v) is 4.63. The largest absolute Gasteiger partial charge is 0.296 e. The van der Waals surface area contributed by atoms with Crippen molar-refractivity contribution < 1.29 is 4.79 Å². The van der Waals surface area contributed by atoms with Gasteiger partial charge in [-0.1, -0.05) is 48.1 Å². The van der Waals surface area contributed by atoms with Crippen LogP contribution in [0.3, 0.4) is 0 Å². The Morgan fingerprint density at radius 1 is 1.29 bits per heavy atom. The van der Waals surface area contributed by atoms with E-state index in [1.165, 1.54) is 11.3 Å². The van der Waals surface area contributed by atoms with Crippen LogP contribution in [0.15, 0.2) is 30.3 Å². The van der Waals surface area contributed by atoms with Crippen LogP contribution in [0.25, 0.3) is 5.69 Å². The van der Waals surface area contributed by atoms with E-state index in [0.29, 0.717) is 16.4 Å². The Labute approximate surface area is 148 Å². The minimum atomic E-state index is -0.334. The molecular weight excluding hydrogens is 346 g/mol. The Balaban J connectivity index is 1.86. The normalized spacial score (nSPS) is 10.8. The molecule has 1 amide bonds. The second kappa shape index (κ2) is 7.11. The fraction of sp³-hybridized carbons (Fsp3) is 0.250. The number of rotatable bonds is 5. The molecule has 2 heterocycles. The van der Waals surface area contributed by atoms with Crippen molar-refractivity contribution in [2.75, 3.05) is 5.32 Å². The standard InChI is InChI=1S/C16H16ClN5OS/c1-3-7-12-19-20-16(24-12)18-15(23)13-10(2)21-22(14(13)17)11-8-5-4-6-9-11/h4-6,8-9H,3,7H2,1-2H3,(H,18,20,23). The quantitative estimate of drug-likeness (QED) is 0.748. The van der Waals surface area contributed by atoms with Crippen molar-refractivity contribution in [2.24, 2.45) is 0 Å². The third-order valence-electron chi connectivity index (χ3n) is 3.38. The van der Waals surface area contributed by atoms with E-state index in [2.05, 4.69) is 27.5 Å². The first kappa shape index (κ1) is 16.6. The maximum absolute atomic E-state index is 12.6. The molecule has 6 nitrogen and oxygen atoms in total. The molecule has 24 heavy (non-hydrogen) atoms. The fourth-order valence-corrected chi connectivity index (χ4v) is 3.47. The fourth-order valence-electron chi connectivity index (χ4n) is 2.28. The number of carbonyl (C=O) groups is 1. The first-order valence-corrected chi connectivity index (χ1v) is 8.74. The number of para-hydroxylation sites is 1. The Kier molecular flexibility index (Phi) is 4.92. The number of aryl methyl sites for hydroxylation is 2. The summed E-state index contributed by atoms with van der Waals surface area (Å²) < 4.78 is 1.55. The molecule has 0 aliphatic heterocycles. The van der Waals surface area contributed by atoms with Crippen molar-refractivity contribution >= 4 is 34.0 Å². The van der Waals surface area contributed by atoms with E-state index < -0.39 is 0 Å². The van der Waals surface area contributed by atoms with E-state index in [9.17, 15) is 4.79 Å². The molecular formula is C16H16ClN5OS. The average Bonchev–Trinajstić information content (AvgIpc) is 3.12. The van der Waals surface area contributed by atoms with Gasteiger partial charge in [-0.25, -0.2) is 4.68 Å². The molecule has 0 saturated carbocycles. The zero-order valence-corrected chi connectivity index (χ0v) is 14.9. The highest BCUT2D eigenvalue weighted by Crippen LogP contribution is 2.25. The summed E-state index contributed by atoms with van der Waals surface area (Å²) in [6.45, 7) is 3.82. The molecule has 1 aromatic carbocycles. The molecule has 0 fully saturated rings. The summed E-state index contributed by atoms with van der Waals surface area (Å²) in [7, 11) is 0. The number of carbonyl (C=O) groups excluding carboxylic acids is 1. The summed E-state index contributed by atoms with van der Waals surface area (Å²) in [4.78, 5) is 12.6. The molecule has 8 heteroatoms. The van der Waals surface area contributed by atoms with E-state index in [1.54, 1.807) is 11.6 Å². The van der Waals surface area contributed by atoms with Crippen LogP contribution in [0, 0.1) is 6.92 Å². The first-order chi connectivity index (χ1) is 11.6. The number of aromatic nitrogens is 4. The van der Waals surface area contributed by atoms with Crippen LogP contribution in [0.4, 0.5) is 5.13 Å². The van der Waals surface area contributed by atoms with E-state index in [-0.39, 0.29) is 11.1 Å². The molecule has 0 bridgehead atoms. The molecule has 3 aromatic rings. The number of hydrogen-bond acceptors (Lipinski definition) is 5. The summed E-state index contributed by atoms with van der Waals surface area (Å²) in [5, 5.41) is 16.8. The van der Waals surface area contributed by atoms with Gasteiger partial charge in [0.2, 0.25) is 5.13 Å². The van der Waals surface area contributed by atoms with E-state index in [0.717, 1.165) is 23.5 Å². The lowest BCUT2D eigenvalue weighted by molar-refractivity contribution is 0.102. The minimum Gasteiger partial charge on any atom is -0.296 e. The zero-order valence-electron chi connectivity index (χ0n) is 13.3. The van der Waals surface area contributed by atoms with Crippen molar-refractivity contribution in [2.45, 2.75) is 26.7 Å². The van der Waals surface area contributed by atoms with E-state index >= 15 is 0 Å². The van der Waals surface area contributed by atoms with Gasteiger partial charge in [0.25, 0.3) is 5.91 Å². The van der Waals surface area contributed by atoms with Crippen LogP contribution in [0.1, 0.15) is 34.4 Å². The van der Waals surface area contributed by atoms with Crippen molar-refractivity contribution in [3.05, 3.63) is 51.7 Å². The van der Waals surface area contributed by atoms with Crippen molar-refractivity contribution in [1.29, 1.82) is 0 Å². The summed E-state index contributed by atoms with van der Waals surface area (Å²) in [6, 6.07) is 9.44. The molecule has 0 saturated heterocycles. The molecule has 0 radical (unpaired) electrons. The molecule has 3 rings (SSSR count). The number of nitrogens with one attached hydrogen (secondary N) is 1. The van der Waals surface area contributed by atoms with Gasteiger partial charge in [0.05, 0.1) is 11.4 Å². The van der Waals surface area contributed by atoms with Gasteiger partial charge in [0, 0.05) is 6.42 Å². The van der Waals surface area contributed by atoms with Crippen molar-refractivity contribution in [1.82, 2.24) is 20.0 Å². The van der Waals surface area contributed by atoms with Crippen LogP contribution in [-0.2, 0) is 6.42 Å². The molecule has 0 aliphatic carbocycles. The number of anilines is 1. The predicted molar refractivity (Wildman–Crippen MR) is 95.2 cm³/mol. The lowest BCUT2D eigenvalue weighted by atomic mass is 10.2. The average molecular weight is 362 g/mol. The van der Waals surface area contributed by atoms with Crippen LogP contribution in [0.5, 0.6) is 0 Å². The second-order valence-electron chi connectivity index (χ2n) is 5.20. The Bertz CT molecular complexity index is 859. The van der Waals surface area contributed by atoms with Crippen molar-refractivity contribution in [3.63, 3.8) is 0 Å². The smallest absolute Gasteiger partial charge is 0.262 e. The van der Waals surface area contributed by atoms with Crippen molar-refractivity contribution in [3.8, 4) is 5.69 Å². The summed E-state index contributed by atoms with van der Waals surface area (Å²) in [5.74, 6) is -0.334. The van der Waals surface area contributed by atoms with Gasteiger partial charge in [0.15, 0.2) is 0 Å². The summed E-state index contributed by atoms with van der Waals surface area (Å²) >= 11 is 7.76. The van der Waals surface area contributed by atoms with Crippen LogP contribution >= 0.6 is 22.9 Å². The summed E-state index contributed by atoms with van der Waals surface area (Å²) in [5.41, 5.74) is 1.69. The molecule has 124 valence electrons. The van der Waals surface area contributed by atoms with Gasteiger partial charge >= 0.3 is 0 Å². The van der Waals surface area contributed by atoms with Gasteiger partial charge < -0.3 is 0 Å². The van der Waals surface area contributed by atoms with Gasteiger partial charge in [0.1, 0.15) is 15.7 Å². The van der Waals surface area contributed by atoms with E-state index in [1.807, 2.05) is 30.3 Å². The SMILES string of the molecule is CCCc1nnc(NC(=O)c2c(C)nn(-c3ccccc3)c2Cl)s1. The number of hydrogen-bond donors (Lipinski definition) is 1. The topological polar surface area (TPSA) is 72.7 Å². The number of nitrogens with zero attached hydrogens (tertiary/aromatic N) is 4. The monoisotopic (exact) mass is 361 g/mol. The number of amides is 1. The number of halogens is 1. The maximum Gasteiger partial charge on any atom is 0.262 e. The Morgan fingerprint density at radius 2 is 2.04 bits per heavy atom. The molecule has 0 unspecified atom stereocenters. The molecule has 2 aromatic heterocycles. The molecule has 1 N–H and O–H groups in total. The molecule has 0 aliphatic rings. The second-order valence-corrected chi connectivity index (χ2v) is 6.62. The first-order valence-electron chi connectivity index (χ1n) is 7.54. The van der Waals surface area contributed by atoms with Crippen LogP contribution in [0.2, 0.25) is 5.15 Å². The van der Waals surface area contributed by atoms with Gasteiger partial charge in [-0.05, 0) is 25.5 Å². The zero-order chi connectivity index (χ0) is 17.1. The van der Waals surface area contributed by atoms with Gasteiger partial charge in [-0.2, -0.15) is 5.10 Å².